The second kappa shape index (κ2) is 8.75. The summed E-state index contributed by atoms with van der Waals surface area (Å²) in [4.78, 5) is 26.7. The van der Waals surface area contributed by atoms with Crippen LogP contribution < -0.4 is 5.32 Å². The molecule has 1 aromatic carbocycles. The first-order valence-corrected chi connectivity index (χ1v) is 9.62. The van der Waals surface area contributed by atoms with Gasteiger partial charge in [0.15, 0.2) is 0 Å². The van der Waals surface area contributed by atoms with Crippen LogP contribution in [0, 0.1) is 13.8 Å². The van der Waals surface area contributed by atoms with Gasteiger partial charge >= 0.3 is 5.97 Å². The van der Waals surface area contributed by atoms with Crippen molar-refractivity contribution >= 4 is 28.2 Å². The molecule has 0 aliphatic carbocycles. The van der Waals surface area contributed by atoms with Crippen molar-refractivity contribution in [3.63, 3.8) is 0 Å². The van der Waals surface area contributed by atoms with Gasteiger partial charge in [-0.1, -0.05) is 30.3 Å². The molecule has 0 saturated heterocycles. The number of rotatable bonds is 7. The van der Waals surface area contributed by atoms with E-state index in [1.165, 1.54) is 23.2 Å². The first-order chi connectivity index (χ1) is 13.5. The summed E-state index contributed by atoms with van der Waals surface area (Å²) in [5.41, 5.74) is 2.14. The number of hydrogen-bond acceptors (Lipinski definition) is 7. The van der Waals surface area contributed by atoms with E-state index < -0.39 is 5.97 Å². The fourth-order valence-electron chi connectivity index (χ4n) is 2.67. The zero-order chi connectivity index (χ0) is 20.1. The van der Waals surface area contributed by atoms with Crippen molar-refractivity contribution in [1.82, 2.24) is 20.2 Å². The number of aromatic nitrogens is 4. The van der Waals surface area contributed by atoms with Gasteiger partial charge < -0.3 is 10.1 Å². The monoisotopic (exact) mass is 399 g/mol. The molecule has 0 saturated carbocycles. The van der Waals surface area contributed by atoms with Crippen LogP contribution in [0.2, 0.25) is 0 Å². The van der Waals surface area contributed by atoms with Gasteiger partial charge in [-0.15, -0.1) is 21.5 Å². The molecule has 0 aliphatic heterocycles. The van der Waals surface area contributed by atoms with Crippen LogP contribution in [-0.2, 0) is 16.1 Å². The number of nitrogens with zero attached hydrogens (tertiary/aromatic N) is 4. The maximum absolute atomic E-state index is 12.3. The summed E-state index contributed by atoms with van der Waals surface area (Å²) < 4.78 is 4.82. The lowest BCUT2D eigenvalue weighted by Crippen LogP contribution is -2.15. The minimum Gasteiger partial charge on any atom is -0.465 e. The molecule has 2 aromatic heterocycles. The lowest BCUT2D eigenvalue weighted by molar-refractivity contribution is -0.116. The second-order valence-electron chi connectivity index (χ2n) is 6.21. The molecule has 3 rings (SSSR count). The van der Waals surface area contributed by atoms with Crippen molar-refractivity contribution in [2.24, 2.45) is 0 Å². The van der Waals surface area contributed by atoms with Gasteiger partial charge in [-0.25, -0.2) is 4.79 Å². The van der Waals surface area contributed by atoms with E-state index >= 15 is 0 Å². The van der Waals surface area contributed by atoms with Gasteiger partial charge in [0.1, 0.15) is 5.00 Å². The van der Waals surface area contributed by atoms with Crippen LogP contribution in [0.5, 0.6) is 0 Å². The highest BCUT2D eigenvalue weighted by atomic mass is 32.1. The smallest absolute Gasteiger partial charge is 0.341 e. The Labute approximate surface area is 166 Å². The maximum Gasteiger partial charge on any atom is 0.341 e. The number of anilines is 1. The number of aryl methyl sites for hydroxylation is 2. The summed E-state index contributed by atoms with van der Waals surface area (Å²) in [5.74, 6) is -0.0653. The van der Waals surface area contributed by atoms with Crippen molar-refractivity contribution < 1.29 is 14.3 Å². The topological polar surface area (TPSA) is 99.0 Å². The van der Waals surface area contributed by atoms with E-state index in [9.17, 15) is 9.59 Å². The molecule has 8 nitrogen and oxygen atoms in total. The summed E-state index contributed by atoms with van der Waals surface area (Å²) in [6.07, 6.45) is 0.826. The number of tetrazole rings is 1. The third kappa shape index (κ3) is 4.42. The van der Waals surface area contributed by atoms with Gasteiger partial charge in [0.05, 0.1) is 19.2 Å². The van der Waals surface area contributed by atoms with Crippen molar-refractivity contribution in [3.8, 4) is 11.4 Å². The molecule has 0 radical (unpaired) electrons. The molecule has 146 valence electrons. The third-order valence-corrected chi connectivity index (χ3v) is 5.40. The molecule has 3 aromatic rings. The van der Waals surface area contributed by atoms with Crippen LogP contribution in [0.4, 0.5) is 5.00 Å². The molecular formula is C19H21N5O3S. The predicted molar refractivity (Wildman–Crippen MR) is 106 cm³/mol. The van der Waals surface area contributed by atoms with E-state index in [2.05, 4.69) is 20.7 Å². The van der Waals surface area contributed by atoms with E-state index in [0.29, 0.717) is 29.4 Å². The largest absolute Gasteiger partial charge is 0.465 e. The van der Waals surface area contributed by atoms with Crippen LogP contribution >= 0.6 is 11.3 Å². The summed E-state index contributed by atoms with van der Waals surface area (Å²) >= 11 is 1.37. The lowest BCUT2D eigenvalue weighted by Gasteiger charge is -2.06. The highest BCUT2D eigenvalue weighted by molar-refractivity contribution is 7.16. The zero-order valence-electron chi connectivity index (χ0n) is 15.9. The fraction of sp³-hybridized carbons (Fsp3) is 0.316. The molecule has 2 heterocycles. The summed E-state index contributed by atoms with van der Waals surface area (Å²) in [6, 6.07) is 9.58. The highest BCUT2D eigenvalue weighted by Gasteiger charge is 2.21. The van der Waals surface area contributed by atoms with Crippen LogP contribution in [0.25, 0.3) is 11.4 Å². The molecule has 0 bridgehead atoms. The van der Waals surface area contributed by atoms with Gasteiger partial charge in [-0.2, -0.15) is 4.80 Å². The Hall–Kier alpha value is -3.07. The second-order valence-corrected chi connectivity index (χ2v) is 7.43. The minimum atomic E-state index is -0.447. The number of carbonyl (C=O) groups excluding carboxylic acids is 2. The van der Waals surface area contributed by atoms with E-state index in [1.807, 2.05) is 44.2 Å². The normalized spacial score (nSPS) is 10.7. The van der Waals surface area contributed by atoms with Crippen molar-refractivity contribution in [3.05, 3.63) is 46.3 Å². The van der Waals surface area contributed by atoms with Gasteiger partial charge in [0.25, 0.3) is 0 Å². The Balaban J connectivity index is 1.55. The molecule has 1 amide bonds. The fourth-order valence-corrected chi connectivity index (χ4v) is 3.74. The van der Waals surface area contributed by atoms with Crippen LogP contribution in [0.15, 0.2) is 30.3 Å². The van der Waals surface area contributed by atoms with Gasteiger partial charge in [0.2, 0.25) is 11.7 Å². The minimum absolute atomic E-state index is 0.171. The average Bonchev–Trinajstić information content (AvgIpc) is 3.27. The molecule has 0 aliphatic rings. The number of methoxy groups -OCH3 is 1. The maximum atomic E-state index is 12.3. The van der Waals surface area contributed by atoms with Crippen LogP contribution in [0.3, 0.4) is 0 Å². The van der Waals surface area contributed by atoms with Gasteiger partial charge in [-0.05, 0) is 31.0 Å². The van der Waals surface area contributed by atoms with E-state index in [0.717, 1.165) is 16.0 Å². The number of benzene rings is 1. The SMILES string of the molecule is COC(=O)c1c(NC(=O)CCCn2nnc(-c3ccccc3)n2)sc(C)c1C. The molecule has 9 heteroatoms. The Morgan fingerprint density at radius 2 is 1.96 bits per heavy atom. The van der Waals surface area contributed by atoms with E-state index in [4.69, 9.17) is 4.74 Å². The summed E-state index contributed by atoms with van der Waals surface area (Å²) in [5, 5.41) is 15.7. The van der Waals surface area contributed by atoms with E-state index in [1.54, 1.807) is 0 Å². The first-order valence-electron chi connectivity index (χ1n) is 8.81. The molecular weight excluding hydrogens is 378 g/mol. The third-order valence-electron chi connectivity index (χ3n) is 4.27. The lowest BCUT2D eigenvalue weighted by atomic mass is 10.1. The molecule has 0 unspecified atom stereocenters. The van der Waals surface area contributed by atoms with Gasteiger partial charge in [-0.3, -0.25) is 4.79 Å². The predicted octanol–water partition coefficient (Wildman–Crippen LogP) is 3.22. The molecule has 0 spiro atoms. The Morgan fingerprint density at radius 3 is 2.68 bits per heavy atom. The van der Waals surface area contributed by atoms with Crippen LogP contribution in [-0.4, -0.2) is 39.2 Å². The number of thiophene rings is 1. The van der Waals surface area contributed by atoms with Crippen LogP contribution in [0.1, 0.15) is 33.6 Å². The number of nitrogens with one attached hydrogen (secondary N) is 1. The summed E-state index contributed by atoms with van der Waals surface area (Å²) in [6.45, 7) is 4.22. The Morgan fingerprint density at radius 1 is 1.21 bits per heavy atom. The van der Waals surface area contributed by atoms with Crippen molar-refractivity contribution in [2.75, 3.05) is 12.4 Å². The molecule has 0 atom stereocenters. The molecule has 28 heavy (non-hydrogen) atoms. The summed E-state index contributed by atoms with van der Waals surface area (Å²) in [7, 11) is 1.33. The molecule has 0 fully saturated rings. The number of carbonyl (C=O) groups is 2. The average molecular weight is 399 g/mol. The van der Waals surface area contributed by atoms with Gasteiger partial charge in [0, 0.05) is 16.9 Å². The molecule has 1 N–H and O–H groups in total. The first kappa shape index (κ1) is 19.7. The Bertz CT molecular complexity index is 981. The van der Waals surface area contributed by atoms with Crippen molar-refractivity contribution in [2.45, 2.75) is 33.2 Å². The number of esters is 1. The zero-order valence-corrected chi connectivity index (χ0v) is 16.7. The van der Waals surface area contributed by atoms with Crippen molar-refractivity contribution in [1.29, 1.82) is 0 Å². The quantitative estimate of drug-likeness (QED) is 0.613. The highest BCUT2D eigenvalue weighted by Crippen LogP contribution is 2.33. The standard InChI is InChI=1S/C19H21N5O3S/c1-12-13(2)28-18(16(12)19(26)27-3)20-15(25)10-7-11-24-22-17(21-23-24)14-8-5-4-6-9-14/h4-6,8-9H,7,10-11H2,1-3H3,(H,20,25). The number of ether oxygens (including phenoxy) is 1. The number of hydrogen-bond donors (Lipinski definition) is 1. The Kier molecular flexibility index (Phi) is 6.15. The van der Waals surface area contributed by atoms with E-state index in [-0.39, 0.29) is 12.3 Å². The number of amides is 1.